The zero-order valence-corrected chi connectivity index (χ0v) is 20.4. The maximum Gasteiger partial charge on any atom is 0.338 e. The number of hydrogen-bond acceptors (Lipinski definition) is 8. The van der Waals surface area contributed by atoms with Crippen LogP contribution in [0.25, 0.3) is 6.08 Å². The number of nitrogens with zero attached hydrogens (tertiary/aromatic N) is 1. The van der Waals surface area contributed by atoms with E-state index in [1.807, 2.05) is 25.2 Å². The summed E-state index contributed by atoms with van der Waals surface area (Å²) in [5.41, 5.74) is 1.25. The SMILES string of the molecule is COc1cc(/C=C\C(=O)OC2C[C@@H]3C[C@H](OC(=O)c4ccccc4)[C@@H](C2)N3C)cc(OC)c1OC. The minimum Gasteiger partial charge on any atom is -0.493 e. The third kappa shape index (κ3) is 5.43. The number of carbonyl (C=O) groups excluding carboxylic acids is 2. The first-order valence-electron chi connectivity index (χ1n) is 11.6. The fourth-order valence-electron chi connectivity index (χ4n) is 4.94. The summed E-state index contributed by atoms with van der Waals surface area (Å²) in [5.74, 6) is 0.744. The molecule has 186 valence electrons. The lowest BCUT2D eigenvalue weighted by Gasteiger charge is -2.36. The molecule has 0 aromatic heterocycles. The molecule has 2 heterocycles. The van der Waals surface area contributed by atoms with E-state index in [1.54, 1.807) is 30.3 Å². The molecule has 0 spiro atoms. The molecular formula is C27H31NO7. The lowest BCUT2D eigenvalue weighted by atomic mass is 10.0. The van der Waals surface area contributed by atoms with Gasteiger partial charge in [-0.05, 0) is 43.0 Å². The number of rotatable bonds is 8. The Labute approximate surface area is 205 Å². The lowest BCUT2D eigenvalue weighted by Crippen LogP contribution is -2.46. The van der Waals surface area contributed by atoms with Gasteiger partial charge in [0.05, 0.1) is 32.9 Å². The molecule has 2 bridgehead atoms. The Morgan fingerprint density at radius 2 is 1.60 bits per heavy atom. The number of carbonyl (C=O) groups is 2. The van der Waals surface area contributed by atoms with Gasteiger partial charge in [0.15, 0.2) is 11.5 Å². The molecule has 2 saturated heterocycles. The Kier molecular flexibility index (Phi) is 7.60. The van der Waals surface area contributed by atoms with Crippen LogP contribution >= 0.6 is 0 Å². The van der Waals surface area contributed by atoms with Crippen LogP contribution in [0.5, 0.6) is 17.2 Å². The molecule has 0 saturated carbocycles. The molecule has 35 heavy (non-hydrogen) atoms. The maximum atomic E-state index is 12.6. The van der Waals surface area contributed by atoms with Crippen molar-refractivity contribution in [2.75, 3.05) is 28.4 Å². The summed E-state index contributed by atoms with van der Waals surface area (Å²) in [6, 6.07) is 12.7. The second-order valence-electron chi connectivity index (χ2n) is 8.75. The first-order valence-corrected chi connectivity index (χ1v) is 11.6. The zero-order valence-electron chi connectivity index (χ0n) is 20.4. The van der Waals surface area contributed by atoms with Crippen LogP contribution < -0.4 is 14.2 Å². The van der Waals surface area contributed by atoms with Crippen molar-refractivity contribution in [3.63, 3.8) is 0 Å². The van der Waals surface area contributed by atoms with E-state index in [0.29, 0.717) is 41.2 Å². The maximum absolute atomic E-state index is 12.6. The summed E-state index contributed by atoms with van der Waals surface area (Å²) < 4.78 is 27.6. The summed E-state index contributed by atoms with van der Waals surface area (Å²) in [5, 5.41) is 0. The van der Waals surface area contributed by atoms with E-state index in [4.69, 9.17) is 23.7 Å². The van der Waals surface area contributed by atoms with Gasteiger partial charge in [0.25, 0.3) is 0 Å². The van der Waals surface area contributed by atoms with Gasteiger partial charge in [-0.2, -0.15) is 0 Å². The summed E-state index contributed by atoms with van der Waals surface area (Å²) in [4.78, 5) is 27.4. The molecule has 2 aliphatic heterocycles. The molecule has 8 nitrogen and oxygen atoms in total. The normalized spacial score (nSPS) is 23.7. The Balaban J connectivity index is 1.37. The van der Waals surface area contributed by atoms with Crippen molar-refractivity contribution in [2.24, 2.45) is 0 Å². The molecule has 4 atom stereocenters. The summed E-state index contributed by atoms with van der Waals surface area (Å²) >= 11 is 0. The Morgan fingerprint density at radius 3 is 2.23 bits per heavy atom. The third-order valence-electron chi connectivity index (χ3n) is 6.72. The van der Waals surface area contributed by atoms with Crippen molar-refractivity contribution in [2.45, 2.75) is 43.6 Å². The van der Waals surface area contributed by atoms with Crippen LogP contribution in [0.4, 0.5) is 0 Å². The fraction of sp³-hybridized carbons (Fsp3) is 0.407. The fourth-order valence-corrected chi connectivity index (χ4v) is 4.94. The Bertz CT molecular complexity index is 1060. The molecular weight excluding hydrogens is 450 g/mol. The average molecular weight is 482 g/mol. The average Bonchev–Trinajstić information content (AvgIpc) is 3.03. The van der Waals surface area contributed by atoms with E-state index >= 15 is 0 Å². The van der Waals surface area contributed by atoms with Crippen LogP contribution in [0.1, 0.15) is 35.2 Å². The van der Waals surface area contributed by atoms with Crippen LogP contribution in [-0.2, 0) is 14.3 Å². The predicted octanol–water partition coefficient (Wildman–Crippen LogP) is 3.73. The van der Waals surface area contributed by atoms with Gasteiger partial charge in [0.2, 0.25) is 5.75 Å². The van der Waals surface area contributed by atoms with Gasteiger partial charge in [-0.1, -0.05) is 18.2 Å². The van der Waals surface area contributed by atoms with Crippen molar-refractivity contribution in [1.29, 1.82) is 0 Å². The second kappa shape index (κ2) is 10.8. The predicted molar refractivity (Wildman–Crippen MR) is 130 cm³/mol. The highest BCUT2D eigenvalue weighted by Crippen LogP contribution is 2.39. The summed E-state index contributed by atoms with van der Waals surface area (Å²) in [6.07, 6.45) is 4.64. The summed E-state index contributed by atoms with van der Waals surface area (Å²) in [6.45, 7) is 0. The minimum absolute atomic E-state index is 0.0123. The van der Waals surface area contributed by atoms with E-state index in [2.05, 4.69) is 4.90 Å². The Hall–Kier alpha value is -3.52. The molecule has 2 aliphatic rings. The largest absolute Gasteiger partial charge is 0.493 e. The quantitative estimate of drug-likeness (QED) is 0.417. The van der Waals surface area contributed by atoms with Gasteiger partial charge in [0.1, 0.15) is 12.2 Å². The molecule has 2 aromatic rings. The van der Waals surface area contributed by atoms with Gasteiger partial charge in [0, 0.05) is 31.4 Å². The van der Waals surface area contributed by atoms with Gasteiger partial charge < -0.3 is 23.7 Å². The number of benzene rings is 2. The minimum atomic E-state index is -0.425. The van der Waals surface area contributed by atoms with E-state index in [-0.39, 0.29) is 30.3 Å². The number of methoxy groups -OCH3 is 3. The number of fused-ring (bicyclic) bond motifs is 2. The molecule has 2 fully saturated rings. The second-order valence-corrected chi connectivity index (χ2v) is 8.75. The molecule has 4 rings (SSSR count). The van der Waals surface area contributed by atoms with Crippen molar-refractivity contribution in [3.8, 4) is 17.2 Å². The van der Waals surface area contributed by atoms with Crippen molar-refractivity contribution in [1.82, 2.24) is 4.90 Å². The van der Waals surface area contributed by atoms with Crippen LogP contribution in [0.15, 0.2) is 48.5 Å². The van der Waals surface area contributed by atoms with E-state index in [9.17, 15) is 9.59 Å². The topological polar surface area (TPSA) is 83.5 Å². The number of hydrogen-bond donors (Lipinski definition) is 0. The highest BCUT2D eigenvalue weighted by atomic mass is 16.6. The van der Waals surface area contributed by atoms with Gasteiger partial charge in [-0.15, -0.1) is 0 Å². The van der Waals surface area contributed by atoms with Crippen LogP contribution in [0.2, 0.25) is 0 Å². The van der Waals surface area contributed by atoms with Crippen LogP contribution in [-0.4, -0.2) is 69.5 Å². The van der Waals surface area contributed by atoms with E-state index in [1.165, 1.54) is 27.4 Å². The van der Waals surface area contributed by atoms with Crippen molar-refractivity contribution >= 4 is 18.0 Å². The van der Waals surface area contributed by atoms with Gasteiger partial charge >= 0.3 is 11.9 Å². The first-order chi connectivity index (χ1) is 16.9. The number of ether oxygens (including phenoxy) is 5. The zero-order chi connectivity index (χ0) is 24.9. The smallest absolute Gasteiger partial charge is 0.338 e. The van der Waals surface area contributed by atoms with E-state index < -0.39 is 5.97 Å². The molecule has 1 unspecified atom stereocenters. The third-order valence-corrected chi connectivity index (χ3v) is 6.72. The number of likely N-dealkylation sites (N-methyl/N-ethyl adjacent to an activating group) is 1. The molecule has 2 aromatic carbocycles. The monoisotopic (exact) mass is 481 g/mol. The number of piperidine rings is 1. The highest BCUT2D eigenvalue weighted by molar-refractivity contribution is 5.89. The highest BCUT2D eigenvalue weighted by Gasteiger charge is 2.47. The first kappa shape index (κ1) is 24.6. The Morgan fingerprint density at radius 1 is 0.914 bits per heavy atom. The lowest BCUT2D eigenvalue weighted by molar-refractivity contribution is -0.146. The van der Waals surface area contributed by atoms with Crippen LogP contribution in [0, 0.1) is 0 Å². The van der Waals surface area contributed by atoms with Gasteiger partial charge in [-0.25, -0.2) is 9.59 Å². The van der Waals surface area contributed by atoms with Crippen LogP contribution in [0.3, 0.4) is 0 Å². The number of esters is 2. The molecule has 0 radical (unpaired) electrons. The molecule has 0 amide bonds. The van der Waals surface area contributed by atoms with Gasteiger partial charge in [-0.3, -0.25) is 4.90 Å². The molecule has 0 aliphatic carbocycles. The molecule has 8 heteroatoms. The van der Waals surface area contributed by atoms with Crippen molar-refractivity contribution < 1.29 is 33.3 Å². The van der Waals surface area contributed by atoms with Crippen molar-refractivity contribution in [3.05, 3.63) is 59.7 Å². The molecule has 0 N–H and O–H groups in total. The standard InChI is InChI=1S/C27H31NO7/c1-28-19-14-20(16-21(28)22(15-19)35-27(30)18-8-6-5-7-9-18)34-25(29)11-10-17-12-23(31-2)26(33-4)24(13-17)32-3/h5-13,19-22H,14-16H2,1-4H3/b11-10-/t19-,20?,21-,22+/m1/s1. The summed E-state index contributed by atoms with van der Waals surface area (Å²) in [7, 11) is 6.65. The van der Waals surface area contributed by atoms with E-state index in [0.717, 1.165) is 6.42 Å².